The molecule has 78 valence electrons. The van der Waals surface area contributed by atoms with Crippen molar-refractivity contribution in [2.75, 3.05) is 0 Å². The molecule has 0 saturated carbocycles. The highest BCUT2D eigenvalue weighted by Gasteiger charge is 2.16. The van der Waals surface area contributed by atoms with Crippen molar-refractivity contribution in [2.24, 2.45) is 5.73 Å². The third-order valence-electron chi connectivity index (χ3n) is 1.96. The molecule has 3 nitrogen and oxygen atoms in total. The normalized spacial score (nSPS) is 11.0. The zero-order chi connectivity index (χ0) is 10.7. The van der Waals surface area contributed by atoms with Crippen LogP contribution in [0.1, 0.15) is 28.9 Å². The molecule has 5 heteroatoms. The van der Waals surface area contributed by atoms with Gasteiger partial charge in [0.2, 0.25) is 0 Å². The first kappa shape index (κ1) is 11.0. The number of aliphatic hydroxyl groups excluding tert-OH is 1. The molecule has 14 heavy (non-hydrogen) atoms. The van der Waals surface area contributed by atoms with E-state index in [-0.39, 0.29) is 30.0 Å². The largest absolute Gasteiger partial charge is 0.390 e. The minimum Gasteiger partial charge on any atom is -0.390 e. The van der Waals surface area contributed by atoms with Gasteiger partial charge in [0.25, 0.3) is 6.43 Å². The first-order valence-corrected chi connectivity index (χ1v) is 4.18. The number of aryl methyl sites for hydroxylation is 1. The summed E-state index contributed by atoms with van der Waals surface area (Å²) in [5.41, 5.74) is 6.14. The quantitative estimate of drug-likeness (QED) is 0.776. The van der Waals surface area contributed by atoms with Crippen LogP contribution in [0.2, 0.25) is 0 Å². The molecule has 0 unspecified atom stereocenters. The minimum atomic E-state index is -2.58. The first-order valence-electron chi connectivity index (χ1n) is 4.18. The summed E-state index contributed by atoms with van der Waals surface area (Å²) in [4.78, 5) is 3.94. The molecule has 1 rings (SSSR count). The predicted octanol–water partition coefficient (Wildman–Crippen LogP) is 1.28. The van der Waals surface area contributed by atoms with E-state index in [2.05, 4.69) is 4.98 Å². The highest BCUT2D eigenvalue weighted by Crippen LogP contribution is 2.25. The molecule has 0 aliphatic rings. The molecule has 1 aromatic heterocycles. The maximum absolute atomic E-state index is 12.5. The lowest BCUT2D eigenvalue weighted by Gasteiger charge is -2.11. The van der Waals surface area contributed by atoms with E-state index in [9.17, 15) is 8.78 Å². The maximum Gasteiger partial charge on any atom is 0.264 e. The van der Waals surface area contributed by atoms with E-state index in [1.165, 1.54) is 6.07 Å². The minimum absolute atomic E-state index is 0.0388. The van der Waals surface area contributed by atoms with E-state index < -0.39 is 6.43 Å². The van der Waals surface area contributed by atoms with Crippen molar-refractivity contribution in [1.82, 2.24) is 4.98 Å². The summed E-state index contributed by atoms with van der Waals surface area (Å²) in [5, 5.41) is 8.92. The van der Waals surface area contributed by atoms with Crippen LogP contribution < -0.4 is 5.73 Å². The van der Waals surface area contributed by atoms with E-state index >= 15 is 0 Å². The number of nitrogens with zero attached hydrogens (tertiary/aromatic N) is 1. The number of aromatic nitrogens is 1. The van der Waals surface area contributed by atoms with Gasteiger partial charge in [0.05, 0.1) is 12.3 Å². The Morgan fingerprint density at radius 2 is 2.21 bits per heavy atom. The average Bonchev–Trinajstić information content (AvgIpc) is 2.16. The van der Waals surface area contributed by atoms with Crippen LogP contribution in [0.5, 0.6) is 0 Å². The number of alkyl halides is 2. The molecule has 1 heterocycles. The number of hydrogen-bond donors (Lipinski definition) is 2. The highest BCUT2D eigenvalue weighted by molar-refractivity contribution is 5.33. The van der Waals surface area contributed by atoms with Crippen molar-refractivity contribution in [3.05, 3.63) is 28.6 Å². The van der Waals surface area contributed by atoms with Crippen LogP contribution in [0.25, 0.3) is 0 Å². The van der Waals surface area contributed by atoms with Crippen molar-refractivity contribution in [3.8, 4) is 0 Å². The lowest BCUT2D eigenvalue weighted by molar-refractivity contribution is 0.149. The molecule has 0 aliphatic heterocycles. The molecular weight excluding hydrogens is 190 g/mol. The smallest absolute Gasteiger partial charge is 0.264 e. The second-order valence-electron chi connectivity index (χ2n) is 2.94. The predicted molar refractivity (Wildman–Crippen MR) is 47.7 cm³/mol. The molecule has 0 bridgehead atoms. The molecule has 0 fully saturated rings. The topological polar surface area (TPSA) is 59.1 Å². The Balaban J connectivity index is 3.31. The van der Waals surface area contributed by atoms with Gasteiger partial charge in [0, 0.05) is 17.8 Å². The Morgan fingerprint density at radius 3 is 2.64 bits per heavy atom. The second-order valence-corrected chi connectivity index (χ2v) is 2.94. The highest BCUT2D eigenvalue weighted by atomic mass is 19.3. The monoisotopic (exact) mass is 202 g/mol. The first-order chi connectivity index (χ1) is 6.60. The number of rotatable bonds is 3. The zero-order valence-electron chi connectivity index (χ0n) is 7.80. The van der Waals surface area contributed by atoms with Gasteiger partial charge in [-0.3, -0.25) is 4.98 Å². The van der Waals surface area contributed by atoms with Crippen LogP contribution in [-0.4, -0.2) is 10.1 Å². The summed E-state index contributed by atoms with van der Waals surface area (Å²) in [7, 11) is 0. The van der Waals surface area contributed by atoms with Gasteiger partial charge in [0.1, 0.15) is 0 Å². The summed E-state index contributed by atoms with van der Waals surface area (Å²) < 4.78 is 25.1. The molecule has 0 atom stereocenters. The van der Waals surface area contributed by atoms with Crippen molar-refractivity contribution in [2.45, 2.75) is 26.5 Å². The van der Waals surface area contributed by atoms with Gasteiger partial charge in [-0.2, -0.15) is 0 Å². The maximum atomic E-state index is 12.5. The van der Waals surface area contributed by atoms with Crippen LogP contribution >= 0.6 is 0 Å². The lowest BCUT2D eigenvalue weighted by atomic mass is 10.1. The van der Waals surface area contributed by atoms with Crippen molar-refractivity contribution < 1.29 is 13.9 Å². The number of hydrogen-bond acceptors (Lipinski definition) is 3. The molecular formula is C9H12F2N2O. The number of pyridine rings is 1. The molecule has 3 N–H and O–H groups in total. The van der Waals surface area contributed by atoms with Gasteiger partial charge < -0.3 is 10.8 Å². The van der Waals surface area contributed by atoms with E-state index in [1.807, 2.05) is 0 Å². The fourth-order valence-corrected chi connectivity index (χ4v) is 1.35. The van der Waals surface area contributed by atoms with Crippen LogP contribution in [-0.2, 0) is 13.2 Å². The Hall–Kier alpha value is -1.07. The van der Waals surface area contributed by atoms with E-state index in [4.69, 9.17) is 10.8 Å². The molecule has 0 aliphatic carbocycles. The van der Waals surface area contributed by atoms with Crippen LogP contribution in [0, 0.1) is 6.92 Å². The zero-order valence-corrected chi connectivity index (χ0v) is 7.80. The van der Waals surface area contributed by atoms with Crippen molar-refractivity contribution >= 4 is 0 Å². The molecule has 0 radical (unpaired) electrons. The molecule has 1 aromatic rings. The summed E-state index contributed by atoms with van der Waals surface area (Å²) in [6.07, 6.45) is -2.58. The molecule has 0 amide bonds. The van der Waals surface area contributed by atoms with Crippen molar-refractivity contribution in [1.29, 1.82) is 0 Å². The summed E-state index contributed by atoms with van der Waals surface area (Å²) >= 11 is 0. The molecule has 0 aromatic carbocycles. The Labute approximate surface area is 80.6 Å². The molecule has 0 spiro atoms. The van der Waals surface area contributed by atoms with E-state index in [0.29, 0.717) is 5.69 Å². The fourth-order valence-electron chi connectivity index (χ4n) is 1.35. The number of aliphatic hydroxyl groups is 1. The standard InChI is InChI=1S/C9H12F2N2O/c1-5-2-6(9(10)11)7(3-12)8(4-14)13-5/h2,9,14H,3-4,12H2,1H3. The number of nitrogens with two attached hydrogens (primary N) is 1. The van der Waals surface area contributed by atoms with Gasteiger partial charge in [0.15, 0.2) is 0 Å². The molecule has 0 saturated heterocycles. The Morgan fingerprint density at radius 1 is 1.57 bits per heavy atom. The van der Waals surface area contributed by atoms with E-state index in [1.54, 1.807) is 6.92 Å². The Bertz CT molecular complexity index is 329. The third kappa shape index (κ3) is 2.05. The SMILES string of the molecule is Cc1cc(C(F)F)c(CN)c(CO)n1. The van der Waals surface area contributed by atoms with Crippen LogP contribution in [0.15, 0.2) is 6.07 Å². The summed E-state index contributed by atoms with van der Waals surface area (Å²) in [6.45, 7) is 1.20. The van der Waals surface area contributed by atoms with Gasteiger partial charge >= 0.3 is 0 Å². The van der Waals surface area contributed by atoms with Crippen LogP contribution in [0.3, 0.4) is 0 Å². The third-order valence-corrected chi connectivity index (χ3v) is 1.96. The summed E-state index contributed by atoms with van der Waals surface area (Å²) in [5.74, 6) is 0. The second kappa shape index (κ2) is 4.43. The van der Waals surface area contributed by atoms with Crippen LogP contribution in [0.4, 0.5) is 8.78 Å². The van der Waals surface area contributed by atoms with Gasteiger partial charge in [-0.25, -0.2) is 8.78 Å². The average molecular weight is 202 g/mol. The summed E-state index contributed by atoms with van der Waals surface area (Å²) in [6, 6.07) is 1.30. The van der Waals surface area contributed by atoms with Gasteiger partial charge in [-0.15, -0.1) is 0 Å². The van der Waals surface area contributed by atoms with Gasteiger partial charge in [-0.1, -0.05) is 0 Å². The fraction of sp³-hybridized carbons (Fsp3) is 0.444. The van der Waals surface area contributed by atoms with Gasteiger partial charge in [-0.05, 0) is 18.6 Å². The van der Waals surface area contributed by atoms with E-state index in [0.717, 1.165) is 0 Å². The lowest BCUT2D eigenvalue weighted by Crippen LogP contribution is -2.09. The Kier molecular flexibility index (Phi) is 3.49. The number of halogens is 2. The van der Waals surface area contributed by atoms with Crippen molar-refractivity contribution in [3.63, 3.8) is 0 Å².